The zero-order valence-electron chi connectivity index (χ0n) is 5.16. The first kappa shape index (κ1) is 6.23. The van der Waals surface area contributed by atoms with E-state index in [0.29, 0.717) is 5.57 Å². The molecule has 0 aliphatic heterocycles. The Morgan fingerprint density at radius 2 is 2.33 bits per heavy atom. The van der Waals surface area contributed by atoms with Gasteiger partial charge in [0.05, 0.1) is 6.10 Å². The molecule has 0 amide bonds. The topological polar surface area (TPSA) is 37.3 Å². The van der Waals surface area contributed by atoms with Crippen LogP contribution in [0.2, 0.25) is 0 Å². The molecule has 0 heterocycles. The molecule has 9 heavy (non-hydrogen) atoms. The van der Waals surface area contributed by atoms with Gasteiger partial charge in [-0.15, -0.1) is 0 Å². The molecule has 1 N–H and O–H groups in total. The normalized spacial score (nSPS) is 26.2. The zero-order chi connectivity index (χ0) is 6.85. The van der Waals surface area contributed by atoms with E-state index in [1.165, 1.54) is 18.2 Å². The van der Waals surface area contributed by atoms with E-state index < -0.39 is 6.10 Å². The van der Waals surface area contributed by atoms with Crippen molar-refractivity contribution in [2.24, 2.45) is 0 Å². The Balaban J connectivity index is 2.82. The third-order valence-electron chi connectivity index (χ3n) is 1.28. The molecule has 0 saturated heterocycles. The van der Waals surface area contributed by atoms with Crippen LogP contribution in [0.25, 0.3) is 0 Å². The molecule has 0 spiro atoms. The molecule has 0 aromatic rings. The van der Waals surface area contributed by atoms with E-state index in [-0.39, 0.29) is 5.78 Å². The summed E-state index contributed by atoms with van der Waals surface area (Å²) in [4.78, 5) is 10.5. The van der Waals surface area contributed by atoms with Crippen molar-refractivity contribution in [2.75, 3.05) is 0 Å². The molecule has 0 fully saturated rings. The SMILES string of the molecule is CC1=CC(=O)C=CC1O. The van der Waals surface area contributed by atoms with Gasteiger partial charge in [-0.25, -0.2) is 0 Å². The van der Waals surface area contributed by atoms with Crippen LogP contribution in [-0.2, 0) is 4.79 Å². The summed E-state index contributed by atoms with van der Waals surface area (Å²) in [6, 6.07) is 0. The molecule has 0 bridgehead atoms. The number of carbonyl (C=O) groups excluding carboxylic acids is 1. The Hall–Kier alpha value is -0.890. The van der Waals surface area contributed by atoms with Crippen molar-refractivity contribution in [1.82, 2.24) is 0 Å². The number of carbonyl (C=O) groups is 1. The van der Waals surface area contributed by atoms with Crippen LogP contribution >= 0.6 is 0 Å². The number of ketones is 1. The van der Waals surface area contributed by atoms with Crippen molar-refractivity contribution in [3.05, 3.63) is 23.8 Å². The summed E-state index contributed by atoms with van der Waals surface area (Å²) in [5, 5.41) is 8.99. The molecule has 0 radical (unpaired) electrons. The summed E-state index contributed by atoms with van der Waals surface area (Å²) in [5.41, 5.74) is 0.711. The Labute approximate surface area is 53.5 Å². The standard InChI is InChI=1S/C7H8O2/c1-5-4-6(8)2-3-7(5)9/h2-4,7,9H,1H3. The third-order valence-corrected chi connectivity index (χ3v) is 1.28. The molecule has 1 atom stereocenters. The molecule has 0 aromatic heterocycles. The Morgan fingerprint density at radius 3 is 2.78 bits per heavy atom. The number of rotatable bonds is 0. The minimum Gasteiger partial charge on any atom is -0.385 e. The second-order valence-corrected chi connectivity index (χ2v) is 2.09. The molecule has 2 nitrogen and oxygen atoms in total. The van der Waals surface area contributed by atoms with Gasteiger partial charge >= 0.3 is 0 Å². The minimum absolute atomic E-state index is 0.0437. The van der Waals surface area contributed by atoms with Gasteiger partial charge < -0.3 is 5.11 Å². The van der Waals surface area contributed by atoms with Crippen LogP contribution in [0.1, 0.15) is 6.92 Å². The molecule has 1 unspecified atom stereocenters. The summed E-state index contributed by atoms with van der Waals surface area (Å²) in [6.45, 7) is 1.73. The highest BCUT2D eigenvalue weighted by atomic mass is 16.3. The maximum Gasteiger partial charge on any atom is 0.178 e. The molecule has 1 aliphatic carbocycles. The highest BCUT2D eigenvalue weighted by Gasteiger charge is 2.07. The van der Waals surface area contributed by atoms with Crippen LogP contribution in [0.5, 0.6) is 0 Å². The first-order valence-corrected chi connectivity index (χ1v) is 2.78. The number of aliphatic hydroxyl groups is 1. The van der Waals surface area contributed by atoms with Crippen LogP contribution in [0.3, 0.4) is 0 Å². The second-order valence-electron chi connectivity index (χ2n) is 2.09. The van der Waals surface area contributed by atoms with Crippen LogP contribution in [0.15, 0.2) is 23.8 Å². The average molecular weight is 124 g/mol. The molecule has 48 valence electrons. The average Bonchev–Trinajstić information content (AvgIpc) is 1.80. The molecule has 0 aromatic carbocycles. The lowest BCUT2D eigenvalue weighted by Gasteiger charge is -2.07. The van der Waals surface area contributed by atoms with E-state index in [0.717, 1.165) is 0 Å². The second kappa shape index (κ2) is 2.15. The summed E-state index contributed by atoms with van der Waals surface area (Å²) in [6.07, 6.45) is 3.74. The minimum atomic E-state index is -0.553. The molecule has 1 rings (SSSR count). The fourth-order valence-corrected chi connectivity index (χ4v) is 0.696. The van der Waals surface area contributed by atoms with Gasteiger partial charge in [0.2, 0.25) is 0 Å². The predicted octanol–water partition coefficient (Wildman–Crippen LogP) is 0.432. The Morgan fingerprint density at radius 1 is 1.67 bits per heavy atom. The van der Waals surface area contributed by atoms with E-state index in [1.54, 1.807) is 6.92 Å². The van der Waals surface area contributed by atoms with E-state index >= 15 is 0 Å². The van der Waals surface area contributed by atoms with Crippen molar-refractivity contribution < 1.29 is 9.90 Å². The Bertz CT molecular complexity index is 189. The summed E-state index contributed by atoms with van der Waals surface area (Å²) in [5.74, 6) is -0.0437. The van der Waals surface area contributed by atoms with Gasteiger partial charge in [0, 0.05) is 0 Å². The third kappa shape index (κ3) is 1.27. The molecule has 0 saturated carbocycles. The molecule has 1 aliphatic rings. The number of allylic oxidation sites excluding steroid dienone is 2. The first-order chi connectivity index (χ1) is 4.20. The molecular weight excluding hydrogens is 116 g/mol. The van der Waals surface area contributed by atoms with Crippen LogP contribution in [0, 0.1) is 0 Å². The highest BCUT2D eigenvalue weighted by Crippen LogP contribution is 2.07. The monoisotopic (exact) mass is 124 g/mol. The van der Waals surface area contributed by atoms with Gasteiger partial charge in [-0.3, -0.25) is 4.79 Å². The number of hydrogen-bond donors (Lipinski definition) is 1. The van der Waals surface area contributed by atoms with E-state index in [1.807, 2.05) is 0 Å². The van der Waals surface area contributed by atoms with Crippen molar-refractivity contribution in [3.8, 4) is 0 Å². The molecule has 2 heteroatoms. The fourth-order valence-electron chi connectivity index (χ4n) is 0.696. The lowest BCUT2D eigenvalue weighted by atomic mass is 10.0. The van der Waals surface area contributed by atoms with Crippen LogP contribution in [-0.4, -0.2) is 17.0 Å². The maximum atomic E-state index is 10.5. The van der Waals surface area contributed by atoms with Crippen LogP contribution in [0.4, 0.5) is 0 Å². The fraction of sp³-hybridized carbons (Fsp3) is 0.286. The summed E-state index contributed by atoms with van der Waals surface area (Å²) < 4.78 is 0. The van der Waals surface area contributed by atoms with E-state index in [4.69, 9.17) is 5.11 Å². The molecular formula is C7H8O2. The van der Waals surface area contributed by atoms with Crippen LogP contribution < -0.4 is 0 Å². The van der Waals surface area contributed by atoms with Gasteiger partial charge in [-0.05, 0) is 30.7 Å². The first-order valence-electron chi connectivity index (χ1n) is 2.78. The summed E-state index contributed by atoms with van der Waals surface area (Å²) >= 11 is 0. The largest absolute Gasteiger partial charge is 0.385 e. The lowest BCUT2D eigenvalue weighted by Crippen LogP contribution is -2.10. The van der Waals surface area contributed by atoms with E-state index in [2.05, 4.69) is 0 Å². The van der Waals surface area contributed by atoms with Crippen molar-refractivity contribution in [1.29, 1.82) is 0 Å². The number of hydrogen-bond acceptors (Lipinski definition) is 2. The van der Waals surface area contributed by atoms with Gasteiger partial charge in [0.25, 0.3) is 0 Å². The quantitative estimate of drug-likeness (QED) is 0.508. The zero-order valence-corrected chi connectivity index (χ0v) is 5.16. The Kier molecular flexibility index (Phi) is 1.49. The van der Waals surface area contributed by atoms with Gasteiger partial charge in [0.1, 0.15) is 0 Å². The van der Waals surface area contributed by atoms with Gasteiger partial charge in [-0.2, -0.15) is 0 Å². The number of aliphatic hydroxyl groups excluding tert-OH is 1. The van der Waals surface area contributed by atoms with E-state index in [9.17, 15) is 4.79 Å². The lowest BCUT2D eigenvalue weighted by molar-refractivity contribution is -0.110. The van der Waals surface area contributed by atoms with Gasteiger partial charge in [0.15, 0.2) is 5.78 Å². The van der Waals surface area contributed by atoms with Gasteiger partial charge in [-0.1, -0.05) is 0 Å². The predicted molar refractivity (Wildman–Crippen MR) is 33.9 cm³/mol. The smallest absolute Gasteiger partial charge is 0.178 e. The van der Waals surface area contributed by atoms with Crippen molar-refractivity contribution in [2.45, 2.75) is 13.0 Å². The summed E-state index contributed by atoms with van der Waals surface area (Å²) in [7, 11) is 0. The van der Waals surface area contributed by atoms with Crippen molar-refractivity contribution >= 4 is 5.78 Å². The highest BCUT2D eigenvalue weighted by molar-refractivity contribution is 6.00. The maximum absolute atomic E-state index is 10.5. The van der Waals surface area contributed by atoms with Crippen molar-refractivity contribution in [3.63, 3.8) is 0 Å².